The lowest BCUT2D eigenvalue weighted by molar-refractivity contribution is -0.147. The number of halogens is 3. The summed E-state index contributed by atoms with van der Waals surface area (Å²) >= 11 is 0. The Bertz CT molecular complexity index is 1400. The van der Waals surface area contributed by atoms with Gasteiger partial charge >= 0.3 is 6.18 Å². The topological polar surface area (TPSA) is 87.8 Å². The first-order valence-electron chi connectivity index (χ1n) is 11.2. The SMILES string of the molecule is C[C@H](NS(=O)(=O)c1ccc(-c2c(C#N)c3ccc(C4CC4)nc3n2C2CCC2)cc1)C(F)(F)F. The maximum absolute atomic E-state index is 12.8. The van der Waals surface area contributed by atoms with Gasteiger partial charge in [-0.15, -0.1) is 0 Å². The van der Waals surface area contributed by atoms with Crippen LogP contribution in [0.2, 0.25) is 0 Å². The molecule has 2 aliphatic rings. The molecule has 0 amide bonds. The lowest BCUT2D eigenvalue weighted by atomic mass is 9.92. The first-order valence-corrected chi connectivity index (χ1v) is 12.7. The fourth-order valence-corrected chi connectivity index (χ4v) is 5.59. The number of hydrogen-bond acceptors (Lipinski definition) is 4. The number of fused-ring (bicyclic) bond motifs is 1. The minimum atomic E-state index is -4.69. The second-order valence-electron chi connectivity index (χ2n) is 9.08. The number of sulfonamides is 1. The molecule has 5 rings (SSSR count). The molecule has 2 fully saturated rings. The van der Waals surface area contributed by atoms with Crippen molar-refractivity contribution in [2.45, 2.75) is 68.1 Å². The number of rotatable bonds is 6. The first-order chi connectivity index (χ1) is 16.1. The number of nitrogens with zero attached hydrogens (tertiary/aromatic N) is 3. The smallest absolute Gasteiger partial charge is 0.321 e. The molecule has 0 unspecified atom stereocenters. The van der Waals surface area contributed by atoms with Gasteiger partial charge in [0.05, 0.1) is 16.2 Å². The van der Waals surface area contributed by atoms with Gasteiger partial charge in [0.25, 0.3) is 0 Å². The van der Waals surface area contributed by atoms with Crippen LogP contribution < -0.4 is 4.72 Å². The van der Waals surface area contributed by atoms with Gasteiger partial charge in [0.15, 0.2) is 0 Å². The van der Waals surface area contributed by atoms with Crippen molar-refractivity contribution < 1.29 is 21.6 Å². The predicted octanol–water partition coefficient (Wildman–Crippen LogP) is 5.41. The highest BCUT2D eigenvalue weighted by Gasteiger charge is 2.39. The second-order valence-corrected chi connectivity index (χ2v) is 10.8. The molecule has 6 nitrogen and oxygen atoms in total. The molecule has 1 aromatic carbocycles. The van der Waals surface area contributed by atoms with Crippen LogP contribution in [0.25, 0.3) is 22.3 Å². The van der Waals surface area contributed by atoms with Crippen LogP contribution in [0.4, 0.5) is 13.2 Å². The molecule has 0 aliphatic heterocycles. The third-order valence-electron chi connectivity index (χ3n) is 6.68. The van der Waals surface area contributed by atoms with Crippen molar-refractivity contribution in [2.24, 2.45) is 0 Å². The molecular weight excluding hydrogens is 465 g/mol. The zero-order valence-corrected chi connectivity index (χ0v) is 19.2. The summed E-state index contributed by atoms with van der Waals surface area (Å²) in [7, 11) is -4.36. The average Bonchev–Trinajstić information content (AvgIpc) is 3.55. The zero-order valence-electron chi connectivity index (χ0n) is 18.4. The van der Waals surface area contributed by atoms with E-state index in [1.807, 2.05) is 12.1 Å². The summed E-state index contributed by atoms with van der Waals surface area (Å²) in [5.41, 5.74) is 3.54. The Morgan fingerprint density at radius 2 is 1.79 bits per heavy atom. The van der Waals surface area contributed by atoms with E-state index in [-0.39, 0.29) is 10.9 Å². The number of alkyl halides is 3. The lowest BCUT2D eigenvalue weighted by Gasteiger charge is -2.29. The molecule has 0 spiro atoms. The van der Waals surface area contributed by atoms with E-state index in [1.165, 1.54) is 12.1 Å². The molecule has 1 N–H and O–H groups in total. The van der Waals surface area contributed by atoms with E-state index in [9.17, 15) is 26.9 Å². The van der Waals surface area contributed by atoms with Crippen molar-refractivity contribution in [1.29, 1.82) is 5.26 Å². The summed E-state index contributed by atoms with van der Waals surface area (Å²) in [6.45, 7) is 0.755. The van der Waals surface area contributed by atoms with E-state index >= 15 is 0 Å². The summed E-state index contributed by atoms with van der Waals surface area (Å²) < 4.78 is 67.2. The van der Waals surface area contributed by atoms with Crippen molar-refractivity contribution in [2.75, 3.05) is 0 Å². The fourth-order valence-electron chi connectivity index (χ4n) is 4.36. The van der Waals surface area contributed by atoms with Crippen molar-refractivity contribution in [3.05, 3.63) is 47.7 Å². The van der Waals surface area contributed by atoms with Crippen LogP contribution in [0.1, 0.15) is 62.2 Å². The Balaban J connectivity index is 1.58. The van der Waals surface area contributed by atoms with Crippen molar-refractivity contribution in [3.8, 4) is 17.3 Å². The van der Waals surface area contributed by atoms with Crippen molar-refractivity contribution in [1.82, 2.24) is 14.3 Å². The van der Waals surface area contributed by atoms with E-state index in [0.717, 1.165) is 55.8 Å². The number of hydrogen-bond donors (Lipinski definition) is 1. The van der Waals surface area contributed by atoms with Gasteiger partial charge in [-0.1, -0.05) is 12.1 Å². The molecule has 0 bridgehead atoms. The van der Waals surface area contributed by atoms with Crippen molar-refractivity contribution in [3.63, 3.8) is 0 Å². The molecule has 178 valence electrons. The largest absolute Gasteiger partial charge is 0.404 e. The molecule has 0 radical (unpaired) electrons. The second kappa shape index (κ2) is 8.10. The highest BCUT2D eigenvalue weighted by atomic mass is 32.2. The Kier molecular flexibility index (Phi) is 5.45. The monoisotopic (exact) mass is 488 g/mol. The Morgan fingerprint density at radius 3 is 2.32 bits per heavy atom. The van der Waals surface area contributed by atoms with Crippen molar-refractivity contribution >= 4 is 21.1 Å². The summed E-state index contributed by atoms with van der Waals surface area (Å²) in [5, 5.41) is 10.8. The molecule has 0 saturated heterocycles. The Hall–Kier alpha value is -2.90. The number of aromatic nitrogens is 2. The minimum absolute atomic E-state index is 0.194. The van der Waals surface area contributed by atoms with Gasteiger partial charge in [-0.25, -0.2) is 13.4 Å². The summed E-state index contributed by atoms with van der Waals surface area (Å²) in [6.07, 6.45) is 0.527. The maximum Gasteiger partial charge on any atom is 0.404 e. The highest BCUT2D eigenvalue weighted by Crippen LogP contribution is 2.44. The van der Waals surface area contributed by atoms with E-state index in [1.54, 1.807) is 16.9 Å². The van der Waals surface area contributed by atoms with Gasteiger partial charge < -0.3 is 4.57 Å². The molecule has 1 atom stereocenters. The van der Waals surface area contributed by atoms with E-state index in [4.69, 9.17) is 4.98 Å². The summed E-state index contributed by atoms with van der Waals surface area (Å²) in [6, 6.07) is 9.81. The number of pyridine rings is 1. The molecule has 2 aromatic heterocycles. The van der Waals surface area contributed by atoms with Crippen LogP contribution in [0.3, 0.4) is 0 Å². The van der Waals surface area contributed by atoms with Gasteiger partial charge in [-0.3, -0.25) is 0 Å². The summed E-state index contributed by atoms with van der Waals surface area (Å²) in [4.78, 5) is 4.63. The van der Waals surface area contributed by atoms with E-state index < -0.39 is 22.2 Å². The van der Waals surface area contributed by atoms with Crippen LogP contribution in [0.5, 0.6) is 0 Å². The maximum atomic E-state index is 12.8. The molecule has 10 heteroatoms. The molecule has 2 heterocycles. The van der Waals surface area contributed by atoms with Crippen LogP contribution in [0, 0.1) is 11.3 Å². The molecule has 2 saturated carbocycles. The predicted molar refractivity (Wildman–Crippen MR) is 121 cm³/mol. The summed E-state index contributed by atoms with van der Waals surface area (Å²) in [5.74, 6) is 0.458. The van der Waals surface area contributed by atoms with Gasteiger partial charge in [-0.2, -0.15) is 23.2 Å². The first kappa shape index (κ1) is 22.9. The third-order valence-corrected chi connectivity index (χ3v) is 8.24. The van der Waals surface area contributed by atoms with Crippen LogP contribution in [-0.4, -0.2) is 30.2 Å². The normalized spacial score (nSPS) is 18.0. The van der Waals surface area contributed by atoms with Crippen LogP contribution in [0.15, 0.2) is 41.3 Å². The Labute approximate surface area is 195 Å². The van der Waals surface area contributed by atoms with E-state index in [0.29, 0.717) is 22.7 Å². The Morgan fingerprint density at radius 1 is 1.12 bits per heavy atom. The minimum Gasteiger partial charge on any atom is -0.321 e. The molecule has 3 aromatic rings. The number of nitrogens with one attached hydrogen (secondary N) is 1. The van der Waals surface area contributed by atoms with Gasteiger partial charge in [-0.05, 0) is 68.9 Å². The number of benzene rings is 1. The average molecular weight is 489 g/mol. The molecular formula is C24H23F3N4O2S. The fraction of sp³-hybridized carbons (Fsp3) is 0.417. The quantitative estimate of drug-likeness (QED) is 0.503. The van der Waals surface area contributed by atoms with E-state index in [2.05, 4.69) is 10.6 Å². The van der Waals surface area contributed by atoms with Gasteiger partial charge in [0.2, 0.25) is 10.0 Å². The zero-order chi connectivity index (χ0) is 24.3. The van der Waals surface area contributed by atoms with Crippen LogP contribution in [-0.2, 0) is 10.0 Å². The third kappa shape index (κ3) is 3.97. The van der Waals surface area contributed by atoms with Gasteiger partial charge in [0, 0.05) is 23.0 Å². The molecule has 2 aliphatic carbocycles. The van der Waals surface area contributed by atoms with Gasteiger partial charge in [0.1, 0.15) is 17.8 Å². The van der Waals surface area contributed by atoms with Crippen LogP contribution >= 0.6 is 0 Å². The standard InChI is InChI=1S/C24H23F3N4O2S/c1-14(24(25,26)27)30-34(32,33)18-9-7-16(8-10-18)22-20(13-28)19-11-12-21(15-5-6-15)29-23(19)31(22)17-3-2-4-17/h7-12,14-15,17,30H,2-6H2,1H3/t14-/m0/s1. The number of nitriles is 1. The lowest BCUT2D eigenvalue weighted by Crippen LogP contribution is -2.42. The highest BCUT2D eigenvalue weighted by molar-refractivity contribution is 7.89. The molecule has 34 heavy (non-hydrogen) atoms.